The van der Waals surface area contributed by atoms with Crippen molar-refractivity contribution in [1.82, 2.24) is 0 Å². The molecule has 0 radical (unpaired) electrons. The number of carboxylic acid groups (broad SMARTS) is 1. The summed E-state index contributed by atoms with van der Waals surface area (Å²) in [7, 11) is -1.68. The summed E-state index contributed by atoms with van der Waals surface area (Å²) in [5, 5.41) is 8.61. The van der Waals surface area contributed by atoms with E-state index in [1.54, 1.807) is 6.07 Å². The van der Waals surface area contributed by atoms with Gasteiger partial charge in [0.15, 0.2) is 5.09 Å². The summed E-state index contributed by atoms with van der Waals surface area (Å²) in [6.45, 7) is 0. The van der Waals surface area contributed by atoms with Gasteiger partial charge in [-0.1, -0.05) is 23.7 Å². The van der Waals surface area contributed by atoms with Crippen molar-refractivity contribution in [3.05, 3.63) is 52.5 Å². The summed E-state index contributed by atoms with van der Waals surface area (Å²) in [6, 6.07) is 6.88. The molecule has 0 saturated heterocycles. The maximum atomic E-state index is 13.6. The first-order chi connectivity index (χ1) is 8.99. The highest BCUT2D eigenvalue weighted by Gasteiger charge is 2.16. The fourth-order valence-electron chi connectivity index (χ4n) is 1.43. The van der Waals surface area contributed by atoms with Crippen LogP contribution in [0.15, 0.2) is 39.8 Å². The van der Waals surface area contributed by atoms with Crippen LogP contribution in [0.3, 0.4) is 0 Å². The molecule has 7 heteroatoms. The van der Waals surface area contributed by atoms with Gasteiger partial charge in [-0.2, -0.15) is 0 Å². The van der Waals surface area contributed by atoms with E-state index < -0.39 is 22.6 Å². The number of carboxylic acids is 1. The first-order valence-electron chi connectivity index (χ1n) is 5.13. The number of carbonyl (C=O) groups is 1. The summed E-state index contributed by atoms with van der Waals surface area (Å²) in [6.07, 6.45) is 0. The Morgan fingerprint density at radius 3 is 2.74 bits per heavy atom. The Kier molecular flexibility index (Phi) is 4.01. The Balaban J connectivity index is 2.21. The summed E-state index contributed by atoms with van der Waals surface area (Å²) < 4.78 is 30.4. The highest BCUT2D eigenvalue weighted by Crippen LogP contribution is 2.21. The van der Waals surface area contributed by atoms with Crippen LogP contribution in [0, 0.1) is 5.82 Å². The molecule has 100 valence electrons. The van der Waals surface area contributed by atoms with Crippen LogP contribution in [-0.4, -0.2) is 15.3 Å². The molecule has 4 nitrogen and oxygen atoms in total. The normalized spacial score (nSPS) is 12.3. The Labute approximate surface area is 115 Å². The zero-order chi connectivity index (χ0) is 14.0. The molecular weight excluding hydrogens is 295 g/mol. The Hall–Kier alpha value is -1.66. The van der Waals surface area contributed by atoms with Gasteiger partial charge in [0.1, 0.15) is 5.82 Å². The monoisotopic (exact) mass is 302 g/mol. The molecule has 1 aromatic carbocycles. The molecular formula is C12H8ClFO4S. The van der Waals surface area contributed by atoms with Crippen molar-refractivity contribution in [1.29, 1.82) is 0 Å². The second-order valence-electron chi connectivity index (χ2n) is 3.63. The molecule has 0 aliphatic heterocycles. The van der Waals surface area contributed by atoms with Crippen molar-refractivity contribution < 1.29 is 22.9 Å². The first kappa shape index (κ1) is 13.8. The molecule has 19 heavy (non-hydrogen) atoms. The van der Waals surface area contributed by atoms with Gasteiger partial charge in [-0.25, -0.2) is 9.18 Å². The lowest BCUT2D eigenvalue weighted by molar-refractivity contribution is 0.0656. The number of hydrogen-bond donors (Lipinski definition) is 1. The average molecular weight is 303 g/mol. The fraction of sp³-hybridized carbons (Fsp3) is 0.0833. The second kappa shape index (κ2) is 5.54. The predicted octanol–water partition coefficient (Wildman–Crippen LogP) is 3.08. The quantitative estimate of drug-likeness (QED) is 0.942. The van der Waals surface area contributed by atoms with Crippen molar-refractivity contribution in [2.75, 3.05) is 0 Å². The first-order valence-corrected chi connectivity index (χ1v) is 6.83. The Morgan fingerprint density at radius 1 is 1.37 bits per heavy atom. The van der Waals surface area contributed by atoms with E-state index in [0.717, 1.165) is 0 Å². The van der Waals surface area contributed by atoms with Gasteiger partial charge in [0.05, 0.1) is 21.6 Å². The van der Waals surface area contributed by atoms with Gasteiger partial charge in [0.25, 0.3) is 0 Å². The predicted molar refractivity (Wildman–Crippen MR) is 67.2 cm³/mol. The lowest BCUT2D eigenvalue weighted by atomic mass is 10.2. The molecule has 1 N–H and O–H groups in total. The Bertz CT molecular complexity index is 653. The molecule has 0 aliphatic carbocycles. The zero-order valence-corrected chi connectivity index (χ0v) is 11.0. The van der Waals surface area contributed by atoms with Crippen molar-refractivity contribution in [2.24, 2.45) is 0 Å². The minimum absolute atomic E-state index is 0.0169. The number of furan rings is 1. The maximum absolute atomic E-state index is 13.6. The van der Waals surface area contributed by atoms with Crippen molar-refractivity contribution >= 4 is 28.4 Å². The minimum atomic E-state index is -1.68. The summed E-state index contributed by atoms with van der Waals surface area (Å²) in [5.74, 6) is -2.34. The topological polar surface area (TPSA) is 67.5 Å². The smallest absolute Gasteiger partial charge is 0.371 e. The number of hydrogen-bond acceptors (Lipinski definition) is 3. The van der Waals surface area contributed by atoms with E-state index in [1.807, 2.05) is 0 Å². The largest absolute Gasteiger partial charge is 0.475 e. The van der Waals surface area contributed by atoms with E-state index in [1.165, 1.54) is 24.3 Å². The highest BCUT2D eigenvalue weighted by molar-refractivity contribution is 7.84. The van der Waals surface area contributed by atoms with Crippen molar-refractivity contribution in [2.45, 2.75) is 10.8 Å². The molecule has 0 spiro atoms. The molecule has 2 rings (SSSR count). The number of benzene rings is 1. The number of rotatable bonds is 4. The van der Waals surface area contributed by atoms with E-state index in [2.05, 4.69) is 0 Å². The molecule has 1 unspecified atom stereocenters. The van der Waals surface area contributed by atoms with Crippen molar-refractivity contribution in [3.8, 4) is 0 Å². The van der Waals surface area contributed by atoms with E-state index in [-0.39, 0.29) is 27.2 Å². The second-order valence-corrected chi connectivity index (χ2v) is 5.42. The van der Waals surface area contributed by atoms with Crippen LogP contribution in [0.2, 0.25) is 5.02 Å². The third-order valence-electron chi connectivity index (χ3n) is 2.33. The van der Waals surface area contributed by atoms with Crippen LogP contribution in [0.1, 0.15) is 16.1 Å². The molecule has 0 amide bonds. The Morgan fingerprint density at radius 2 is 2.11 bits per heavy atom. The standard InChI is InChI=1S/C12H8ClFO4S/c13-8-3-1-2-7(11(8)14)6-19(17)10-5-4-9(18-10)12(15)16/h1-5H,6H2,(H,15,16). The minimum Gasteiger partial charge on any atom is -0.475 e. The molecule has 0 aliphatic rings. The van der Waals surface area contributed by atoms with Gasteiger partial charge in [-0.3, -0.25) is 4.21 Å². The molecule has 1 heterocycles. The zero-order valence-electron chi connectivity index (χ0n) is 9.43. The van der Waals surface area contributed by atoms with Gasteiger partial charge in [0.2, 0.25) is 5.76 Å². The SMILES string of the molecule is O=C(O)c1ccc(S(=O)Cc2cccc(Cl)c2F)o1. The molecule has 2 aromatic rings. The molecule has 0 fully saturated rings. The highest BCUT2D eigenvalue weighted by atomic mass is 35.5. The third kappa shape index (κ3) is 3.02. The molecule has 1 atom stereocenters. The summed E-state index contributed by atoms with van der Waals surface area (Å²) in [4.78, 5) is 10.6. The van der Waals surface area contributed by atoms with Crippen LogP contribution in [-0.2, 0) is 16.6 Å². The number of halogens is 2. The van der Waals surface area contributed by atoms with Crippen LogP contribution in [0.4, 0.5) is 4.39 Å². The van der Waals surface area contributed by atoms with E-state index in [4.69, 9.17) is 21.1 Å². The average Bonchev–Trinajstić information content (AvgIpc) is 2.84. The van der Waals surface area contributed by atoms with Crippen molar-refractivity contribution in [3.63, 3.8) is 0 Å². The number of aromatic carboxylic acids is 1. The van der Waals surface area contributed by atoms with Gasteiger partial charge < -0.3 is 9.52 Å². The lowest BCUT2D eigenvalue weighted by Gasteiger charge is -2.03. The fourth-order valence-corrected chi connectivity index (χ4v) is 2.67. The van der Waals surface area contributed by atoms with Crippen LogP contribution < -0.4 is 0 Å². The molecule has 1 aromatic heterocycles. The lowest BCUT2D eigenvalue weighted by Crippen LogP contribution is -1.99. The van der Waals surface area contributed by atoms with Gasteiger partial charge in [-0.05, 0) is 18.2 Å². The van der Waals surface area contributed by atoms with Gasteiger partial charge >= 0.3 is 5.97 Å². The third-order valence-corrected chi connectivity index (χ3v) is 3.87. The van der Waals surface area contributed by atoms with Gasteiger partial charge in [-0.15, -0.1) is 0 Å². The van der Waals surface area contributed by atoms with Crippen LogP contribution in [0.25, 0.3) is 0 Å². The van der Waals surface area contributed by atoms with E-state index in [0.29, 0.717) is 0 Å². The summed E-state index contributed by atoms with van der Waals surface area (Å²) >= 11 is 5.61. The van der Waals surface area contributed by atoms with Crippen LogP contribution >= 0.6 is 11.6 Å². The summed E-state index contributed by atoms with van der Waals surface area (Å²) in [5.41, 5.74) is 0.180. The maximum Gasteiger partial charge on any atom is 0.371 e. The molecule has 0 saturated carbocycles. The van der Waals surface area contributed by atoms with Gasteiger partial charge in [0, 0.05) is 5.56 Å². The van der Waals surface area contributed by atoms with Crippen LogP contribution in [0.5, 0.6) is 0 Å². The van der Waals surface area contributed by atoms with E-state index in [9.17, 15) is 13.4 Å². The molecule has 0 bridgehead atoms. The van der Waals surface area contributed by atoms with E-state index >= 15 is 0 Å².